The summed E-state index contributed by atoms with van der Waals surface area (Å²) in [6, 6.07) is 115. The molecule has 0 saturated carbocycles. The molecule has 0 atom stereocenters. The van der Waals surface area contributed by atoms with Crippen LogP contribution in [0.5, 0.6) is 0 Å². The third-order valence-corrected chi connectivity index (χ3v) is 24.9. The predicted molar refractivity (Wildman–Crippen MR) is 370 cm³/mol. The summed E-state index contributed by atoms with van der Waals surface area (Å²) in [5, 5.41) is 28.6. The highest BCUT2D eigenvalue weighted by Gasteiger charge is 2.42. The molecule has 0 unspecified atom stereocenters. The van der Waals surface area contributed by atoms with Gasteiger partial charge in [0.05, 0.1) is 78.8 Å². The van der Waals surface area contributed by atoms with E-state index in [4.69, 9.17) is 9.97 Å². The third kappa shape index (κ3) is 9.99. The number of para-hydroxylation sites is 4. The second kappa shape index (κ2) is 23.8. The average molecular weight is 1260 g/mol. The summed E-state index contributed by atoms with van der Waals surface area (Å²) in [5.74, 6) is 1.68. The van der Waals surface area contributed by atoms with Gasteiger partial charge in [-0.1, -0.05) is 240 Å². The van der Waals surface area contributed by atoms with Gasteiger partial charge in [-0.05, 0) is 134 Å². The van der Waals surface area contributed by atoms with Crippen LogP contribution in [0.15, 0.2) is 315 Å². The maximum absolute atomic E-state index is 9.68. The summed E-state index contributed by atoms with van der Waals surface area (Å²) in [6.45, 7) is 0. The van der Waals surface area contributed by atoms with Gasteiger partial charge in [0.2, 0.25) is 11.6 Å². The molecule has 16 rings (SSSR count). The number of imidazole rings is 4. The molecule has 412 valence electrons. The summed E-state index contributed by atoms with van der Waals surface area (Å²) >= 11 is 2.33. The lowest BCUT2D eigenvalue weighted by molar-refractivity contribution is 1.11. The highest BCUT2D eigenvalue weighted by Crippen LogP contribution is 2.32. The average Bonchev–Trinajstić information content (AvgIpc) is 1.68. The normalized spacial score (nSPS) is 11.4. The number of halogens is 1. The van der Waals surface area contributed by atoms with Gasteiger partial charge >= 0.3 is 0 Å². The molecule has 0 aliphatic heterocycles. The Bertz CT molecular complexity index is 5020. The molecule has 4 heterocycles. The number of fused-ring (bicyclic) bond motifs is 10. The fourth-order valence-corrected chi connectivity index (χ4v) is 20.7. The van der Waals surface area contributed by atoms with Crippen molar-refractivity contribution in [3.05, 3.63) is 330 Å². The van der Waals surface area contributed by atoms with Crippen molar-refractivity contribution in [2.75, 3.05) is 0 Å². The summed E-state index contributed by atoms with van der Waals surface area (Å²) < 4.78 is 9.93. The molecule has 0 aliphatic rings. The van der Waals surface area contributed by atoms with Crippen LogP contribution in [0.3, 0.4) is 0 Å². The first-order chi connectivity index (χ1) is 43.0. The van der Waals surface area contributed by atoms with Gasteiger partial charge in [0.1, 0.15) is 8.80 Å². The Morgan fingerprint density at radius 2 is 0.690 bits per heavy atom. The van der Waals surface area contributed by atoms with Crippen molar-refractivity contribution in [2.45, 2.75) is 0 Å². The minimum Gasteiger partial charge on any atom is -0.278 e. The van der Waals surface area contributed by atoms with E-state index >= 15 is 0 Å². The van der Waals surface area contributed by atoms with Gasteiger partial charge in [0.25, 0.3) is 0 Å². The van der Waals surface area contributed by atoms with Crippen molar-refractivity contribution in [1.82, 2.24) is 27.9 Å². The molecule has 0 fully saturated rings. The van der Waals surface area contributed by atoms with E-state index < -0.39 is 16.9 Å². The zero-order valence-corrected chi connectivity index (χ0v) is 51.4. The Labute approximate surface area is 519 Å². The molecular weight excluding hydrogens is 1210 g/mol. The lowest BCUT2D eigenvalue weighted by atomic mass is 10.2. The fraction of sp³-hybridized carbons (Fsp3) is 0. The highest BCUT2D eigenvalue weighted by molar-refractivity contribution is 14.1. The quantitative estimate of drug-likeness (QED) is 0.0818. The second-order valence-corrected chi connectivity index (χ2v) is 29.2. The predicted octanol–water partition coefficient (Wildman–Crippen LogP) is 12.5. The number of hydrogen-bond donors (Lipinski definition) is 0. The maximum atomic E-state index is 9.68. The van der Waals surface area contributed by atoms with Gasteiger partial charge in [-0.2, -0.15) is 10.5 Å². The van der Waals surface area contributed by atoms with E-state index in [1.54, 1.807) is 0 Å². The van der Waals surface area contributed by atoms with E-state index in [0.29, 0.717) is 11.1 Å². The van der Waals surface area contributed by atoms with E-state index in [-0.39, 0.29) is 0 Å². The monoisotopic (exact) mass is 1260 g/mol. The van der Waals surface area contributed by atoms with Crippen molar-refractivity contribution in [1.29, 1.82) is 10.5 Å². The third-order valence-electron chi connectivity index (χ3n) is 16.3. The highest BCUT2D eigenvalue weighted by atomic mass is 127. The van der Waals surface area contributed by atoms with Gasteiger partial charge in [0.15, 0.2) is 8.07 Å². The van der Waals surface area contributed by atoms with Gasteiger partial charge in [0, 0.05) is 3.57 Å². The molecule has 16 aromatic rings. The summed E-state index contributed by atoms with van der Waals surface area (Å²) in [4.78, 5) is 9.96. The first-order valence-corrected chi connectivity index (χ1v) is 33.6. The van der Waals surface area contributed by atoms with Crippen LogP contribution in [0.25, 0.3) is 67.1 Å². The molecule has 0 bridgehead atoms. The maximum Gasteiger partial charge on any atom is 0.220 e. The Kier molecular flexibility index (Phi) is 14.8. The van der Waals surface area contributed by atoms with Crippen LogP contribution in [0.4, 0.5) is 0 Å². The smallest absolute Gasteiger partial charge is 0.220 e. The van der Waals surface area contributed by atoms with Crippen LogP contribution >= 0.6 is 22.6 Å². The number of rotatable bonds is 9. The Hall–Kier alpha value is -10.7. The molecule has 0 amide bonds. The van der Waals surface area contributed by atoms with Crippen LogP contribution in [0, 0.1) is 26.2 Å². The second-order valence-electron chi connectivity index (χ2n) is 21.3. The zero-order valence-electron chi connectivity index (χ0n) is 47.1. The van der Waals surface area contributed by atoms with Crippen LogP contribution < -0.4 is 36.3 Å². The Balaban J connectivity index is 0.000000128. The summed E-state index contributed by atoms with van der Waals surface area (Å²) in [7, 11) is -4.03. The zero-order chi connectivity index (χ0) is 58.7. The molecule has 11 heteroatoms. The molecule has 0 saturated heterocycles. The van der Waals surface area contributed by atoms with Gasteiger partial charge < -0.3 is 0 Å². The van der Waals surface area contributed by atoms with Gasteiger partial charge in [-0.15, -0.1) is 0 Å². The molecular formula is C76H53IN8Si2. The van der Waals surface area contributed by atoms with E-state index in [2.05, 4.69) is 295 Å². The van der Waals surface area contributed by atoms with Crippen molar-refractivity contribution in [3.8, 4) is 23.5 Å². The molecule has 4 aromatic heterocycles. The largest absolute Gasteiger partial charge is 0.278 e. The molecule has 0 N–H and O–H groups in total. The Morgan fingerprint density at radius 1 is 0.322 bits per heavy atom. The van der Waals surface area contributed by atoms with Gasteiger partial charge in [-0.25, -0.2) is 9.97 Å². The fourth-order valence-electron chi connectivity index (χ4n) is 12.5. The van der Waals surface area contributed by atoms with Crippen molar-refractivity contribution < 1.29 is 0 Å². The SMILES string of the molecule is N#Cc1cccc(-n2c3ccc(I)cc3n3c4ccccc4nc23)c1.N#Cc1cccc(-n2c3ccc([Si](c4ccccc4)(c4ccccc4)c4ccccc4)cc3n3c4ccccc4nc23)c1.c1ccc([SiH](c2ccccc2)c2ccccc2)cc1. The molecule has 12 aromatic carbocycles. The molecule has 87 heavy (non-hydrogen) atoms. The number of nitrogens with zero attached hydrogens (tertiary/aromatic N) is 8. The summed E-state index contributed by atoms with van der Waals surface area (Å²) in [5.41, 5.74) is 11.5. The molecule has 8 nitrogen and oxygen atoms in total. The van der Waals surface area contributed by atoms with E-state index in [0.717, 1.165) is 67.1 Å². The minimum absolute atomic E-state index is 0.619. The van der Waals surface area contributed by atoms with Crippen LogP contribution in [-0.4, -0.2) is 44.8 Å². The topological polar surface area (TPSA) is 92.0 Å². The number of nitriles is 2. The molecule has 0 spiro atoms. The number of hydrogen-bond acceptors (Lipinski definition) is 4. The van der Waals surface area contributed by atoms with Crippen molar-refractivity contribution in [3.63, 3.8) is 0 Å². The van der Waals surface area contributed by atoms with Crippen LogP contribution in [0.2, 0.25) is 0 Å². The number of benzene rings is 12. The van der Waals surface area contributed by atoms with E-state index in [1.807, 2.05) is 72.8 Å². The standard InChI is InChI=1S/C38H26N4Si.C20H11IN4.C18H16Si/c39-27-28-13-12-14-29(25-28)41-36-24-23-33(26-37(36)42-35-22-11-10-21-34(35)40-38(41)42)43(30-15-4-1-5-16-30,31-17-6-2-7-18-31)32-19-8-3-9-20-32;21-14-8-9-18-19(11-14)25-17-7-2-1-6-16(17)23-20(25)24(18)15-5-3-4-13(10-15)12-22;1-4-10-16(11-5-1)19(17-12-6-2-7-13-17)18-14-8-3-9-15-18/h1-26H;1-11H;1-15,19H. The van der Waals surface area contributed by atoms with Crippen LogP contribution in [-0.2, 0) is 0 Å². The van der Waals surface area contributed by atoms with Crippen LogP contribution in [0.1, 0.15) is 11.1 Å². The van der Waals surface area contributed by atoms with Gasteiger partial charge in [-0.3, -0.25) is 17.9 Å². The lowest BCUT2D eigenvalue weighted by Gasteiger charge is -2.34. The van der Waals surface area contributed by atoms with Crippen molar-refractivity contribution >= 4 is 131 Å². The molecule has 0 radical (unpaired) electrons. The van der Waals surface area contributed by atoms with Crippen molar-refractivity contribution in [2.24, 2.45) is 0 Å². The minimum atomic E-state index is -2.72. The molecule has 0 aliphatic carbocycles. The number of aromatic nitrogens is 6. The van der Waals surface area contributed by atoms with E-state index in [9.17, 15) is 10.5 Å². The first kappa shape index (κ1) is 54.3. The lowest BCUT2D eigenvalue weighted by Crippen LogP contribution is -2.74. The van der Waals surface area contributed by atoms with E-state index in [1.165, 1.54) is 39.9 Å². The summed E-state index contributed by atoms with van der Waals surface area (Å²) in [6.07, 6.45) is 0. The first-order valence-electron chi connectivity index (χ1n) is 28.8. The Morgan fingerprint density at radius 3 is 1.10 bits per heavy atom.